The molecule has 4 nitrogen and oxygen atoms in total. The molecule has 0 fully saturated rings. The van der Waals surface area contributed by atoms with Crippen LogP contribution in [0.2, 0.25) is 0 Å². The van der Waals surface area contributed by atoms with E-state index in [1.54, 1.807) is 6.33 Å². The SMILES string of the molecule is CN(C)C(C)(C)CNc1ncnc2c1CCCC2. The molecule has 0 aliphatic heterocycles. The summed E-state index contributed by atoms with van der Waals surface area (Å²) in [5, 5.41) is 3.50. The second kappa shape index (κ2) is 5.22. The molecule has 1 heterocycles. The van der Waals surface area contributed by atoms with Gasteiger partial charge in [0, 0.05) is 23.3 Å². The summed E-state index contributed by atoms with van der Waals surface area (Å²) < 4.78 is 0. The Morgan fingerprint density at radius 3 is 2.67 bits per heavy atom. The third-order valence-corrected chi connectivity index (χ3v) is 4.02. The van der Waals surface area contributed by atoms with E-state index in [2.05, 4.69) is 48.1 Å². The lowest BCUT2D eigenvalue weighted by molar-refractivity contribution is 0.210. The highest BCUT2D eigenvalue weighted by Gasteiger charge is 2.22. The molecule has 0 unspecified atom stereocenters. The van der Waals surface area contributed by atoms with Gasteiger partial charge in [-0.2, -0.15) is 0 Å². The Hall–Kier alpha value is -1.16. The number of aryl methyl sites for hydroxylation is 1. The van der Waals surface area contributed by atoms with Gasteiger partial charge in [0.2, 0.25) is 0 Å². The standard InChI is InChI=1S/C14H24N4/c1-14(2,18(3)4)9-15-13-11-7-5-6-8-12(11)16-10-17-13/h10H,5-9H2,1-4H3,(H,15,16,17). The van der Waals surface area contributed by atoms with Crippen LogP contribution in [-0.4, -0.2) is 41.0 Å². The Labute approximate surface area is 110 Å². The highest BCUT2D eigenvalue weighted by molar-refractivity contribution is 5.47. The number of fused-ring (bicyclic) bond motifs is 1. The lowest BCUT2D eigenvalue weighted by Crippen LogP contribution is -2.44. The van der Waals surface area contributed by atoms with Crippen LogP contribution in [0.5, 0.6) is 0 Å². The average molecular weight is 248 g/mol. The van der Waals surface area contributed by atoms with Crippen LogP contribution in [0.4, 0.5) is 5.82 Å². The van der Waals surface area contributed by atoms with Crippen molar-refractivity contribution in [3.63, 3.8) is 0 Å². The number of anilines is 1. The first-order valence-corrected chi connectivity index (χ1v) is 6.75. The fraction of sp³-hybridized carbons (Fsp3) is 0.714. The second-order valence-corrected chi connectivity index (χ2v) is 5.92. The molecule has 1 aliphatic rings. The number of aromatic nitrogens is 2. The first-order chi connectivity index (χ1) is 8.50. The molecule has 1 aromatic rings. The van der Waals surface area contributed by atoms with E-state index in [-0.39, 0.29) is 5.54 Å². The van der Waals surface area contributed by atoms with Crippen LogP contribution in [0.15, 0.2) is 6.33 Å². The number of rotatable bonds is 4. The Morgan fingerprint density at radius 1 is 1.22 bits per heavy atom. The van der Waals surface area contributed by atoms with Gasteiger partial charge in [0.15, 0.2) is 0 Å². The van der Waals surface area contributed by atoms with Crippen molar-refractivity contribution in [1.29, 1.82) is 0 Å². The van der Waals surface area contributed by atoms with Gasteiger partial charge in [-0.1, -0.05) is 0 Å². The summed E-state index contributed by atoms with van der Waals surface area (Å²) in [4.78, 5) is 11.0. The molecule has 0 saturated heterocycles. The van der Waals surface area contributed by atoms with E-state index in [4.69, 9.17) is 0 Å². The molecule has 2 rings (SSSR count). The van der Waals surface area contributed by atoms with Gasteiger partial charge in [0.05, 0.1) is 0 Å². The van der Waals surface area contributed by atoms with Gasteiger partial charge in [-0.3, -0.25) is 0 Å². The van der Waals surface area contributed by atoms with E-state index in [1.165, 1.54) is 24.1 Å². The van der Waals surface area contributed by atoms with Crippen LogP contribution in [0.25, 0.3) is 0 Å². The highest BCUT2D eigenvalue weighted by atomic mass is 15.2. The molecule has 0 amide bonds. The summed E-state index contributed by atoms with van der Waals surface area (Å²) in [6.07, 6.45) is 6.42. The largest absolute Gasteiger partial charge is 0.368 e. The maximum Gasteiger partial charge on any atom is 0.132 e. The van der Waals surface area contributed by atoms with Gasteiger partial charge in [-0.05, 0) is 53.6 Å². The van der Waals surface area contributed by atoms with Gasteiger partial charge >= 0.3 is 0 Å². The van der Waals surface area contributed by atoms with Gasteiger partial charge in [-0.15, -0.1) is 0 Å². The van der Waals surface area contributed by atoms with Gasteiger partial charge in [0.1, 0.15) is 12.1 Å². The number of nitrogens with one attached hydrogen (secondary N) is 1. The van der Waals surface area contributed by atoms with Crippen molar-refractivity contribution in [1.82, 2.24) is 14.9 Å². The van der Waals surface area contributed by atoms with Crippen molar-refractivity contribution in [3.8, 4) is 0 Å². The van der Waals surface area contributed by atoms with Crippen LogP contribution >= 0.6 is 0 Å². The quantitative estimate of drug-likeness (QED) is 0.886. The third kappa shape index (κ3) is 2.80. The van der Waals surface area contributed by atoms with Crippen LogP contribution in [0.3, 0.4) is 0 Å². The van der Waals surface area contributed by atoms with Gasteiger partial charge in [-0.25, -0.2) is 9.97 Å². The first-order valence-electron chi connectivity index (χ1n) is 6.75. The zero-order chi connectivity index (χ0) is 13.2. The number of hydrogen-bond donors (Lipinski definition) is 1. The van der Waals surface area contributed by atoms with Crippen molar-refractivity contribution >= 4 is 5.82 Å². The minimum atomic E-state index is 0.118. The van der Waals surface area contributed by atoms with E-state index in [0.717, 1.165) is 25.2 Å². The number of likely N-dealkylation sites (N-methyl/N-ethyl adjacent to an activating group) is 1. The van der Waals surface area contributed by atoms with Crippen LogP contribution in [-0.2, 0) is 12.8 Å². The minimum absolute atomic E-state index is 0.118. The molecule has 0 aromatic carbocycles. The predicted octanol–water partition coefficient (Wildman–Crippen LogP) is 2.11. The normalized spacial score (nSPS) is 15.6. The van der Waals surface area contributed by atoms with Crippen molar-refractivity contribution in [2.75, 3.05) is 26.0 Å². The van der Waals surface area contributed by atoms with Crippen molar-refractivity contribution in [2.45, 2.75) is 45.1 Å². The predicted molar refractivity (Wildman–Crippen MR) is 74.9 cm³/mol. The first kappa shape index (κ1) is 13.3. The van der Waals surface area contributed by atoms with Gasteiger partial charge in [0.25, 0.3) is 0 Å². The lowest BCUT2D eigenvalue weighted by Gasteiger charge is -2.33. The minimum Gasteiger partial charge on any atom is -0.368 e. The molecule has 0 spiro atoms. The van der Waals surface area contributed by atoms with Crippen molar-refractivity contribution in [2.24, 2.45) is 0 Å². The Morgan fingerprint density at radius 2 is 1.94 bits per heavy atom. The monoisotopic (exact) mass is 248 g/mol. The fourth-order valence-corrected chi connectivity index (χ4v) is 2.13. The molecule has 1 aliphatic carbocycles. The Bertz CT molecular complexity index is 412. The molecule has 0 atom stereocenters. The van der Waals surface area contributed by atoms with E-state index < -0.39 is 0 Å². The molecular formula is C14H24N4. The van der Waals surface area contributed by atoms with E-state index in [9.17, 15) is 0 Å². The number of hydrogen-bond acceptors (Lipinski definition) is 4. The third-order valence-electron chi connectivity index (χ3n) is 4.02. The zero-order valence-electron chi connectivity index (χ0n) is 12.0. The van der Waals surface area contributed by atoms with Crippen molar-refractivity contribution < 1.29 is 0 Å². The average Bonchev–Trinajstić information content (AvgIpc) is 2.36. The summed E-state index contributed by atoms with van der Waals surface area (Å²) >= 11 is 0. The second-order valence-electron chi connectivity index (χ2n) is 5.92. The highest BCUT2D eigenvalue weighted by Crippen LogP contribution is 2.24. The van der Waals surface area contributed by atoms with E-state index in [1.807, 2.05) is 0 Å². The van der Waals surface area contributed by atoms with Crippen molar-refractivity contribution in [3.05, 3.63) is 17.6 Å². The molecular weight excluding hydrogens is 224 g/mol. The summed E-state index contributed by atoms with van der Waals surface area (Å²) in [7, 11) is 4.22. The summed E-state index contributed by atoms with van der Waals surface area (Å²) in [5.41, 5.74) is 2.69. The van der Waals surface area contributed by atoms with E-state index >= 15 is 0 Å². The summed E-state index contributed by atoms with van der Waals surface area (Å²) in [6, 6.07) is 0. The zero-order valence-corrected chi connectivity index (χ0v) is 12.0. The number of nitrogens with zero attached hydrogens (tertiary/aromatic N) is 3. The lowest BCUT2D eigenvalue weighted by atomic mass is 9.96. The maximum absolute atomic E-state index is 4.41. The molecule has 0 bridgehead atoms. The summed E-state index contributed by atoms with van der Waals surface area (Å²) in [6.45, 7) is 5.35. The fourth-order valence-electron chi connectivity index (χ4n) is 2.13. The topological polar surface area (TPSA) is 41.0 Å². The van der Waals surface area contributed by atoms with E-state index in [0.29, 0.717) is 0 Å². The van der Waals surface area contributed by atoms with Crippen LogP contribution in [0, 0.1) is 0 Å². The molecule has 1 N–H and O–H groups in total. The van der Waals surface area contributed by atoms with Crippen LogP contribution in [0.1, 0.15) is 37.9 Å². The Kier molecular flexibility index (Phi) is 3.85. The molecule has 0 saturated carbocycles. The van der Waals surface area contributed by atoms with Gasteiger partial charge < -0.3 is 10.2 Å². The maximum atomic E-state index is 4.41. The van der Waals surface area contributed by atoms with Crippen LogP contribution < -0.4 is 5.32 Å². The molecule has 1 aromatic heterocycles. The Balaban J connectivity index is 2.10. The molecule has 0 radical (unpaired) electrons. The molecule has 100 valence electrons. The molecule has 4 heteroatoms. The molecule has 18 heavy (non-hydrogen) atoms. The summed E-state index contributed by atoms with van der Waals surface area (Å²) in [5.74, 6) is 1.04. The smallest absolute Gasteiger partial charge is 0.132 e.